The Kier molecular flexibility index (Phi) is 7.28. The van der Waals surface area contributed by atoms with E-state index in [2.05, 4.69) is 5.32 Å². The van der Waals surface area contributed by atoms with Gasteiger partial charge in [0.05, 0.1) is 4.58 Å². The van der Waals surface area contributed by atoms with E-state index in [1.165, 1.54) is 0 Å². The molecule has 1 fully saturated rings. The van der Waals surface area contributed by atoms with Gasteiger partial charge in [-0.25, -0.2) is 4.79 Å². The van der Waals surface area contributed by atoms with Crippen molar-refractivity contribution in [1.29, 1.82) is 0 Å². The van der Waals surface area contributed by atoms with E-state index in [1.54, 1.807) is 0 Å². The van der Waals surface area contributed by atoms with Gasteiger partial charge in [0, 0.05) is 22.8 Å². The first-order chi connectivity index (χ1) is 13.5. The van der Waals surface area contributed by atoms with Crippen LogP contribution in [0.4, 0.5) is 5.69 Å². The number of thioether (sulfide) groups is 2. The molecule has 148 valence electrons. The molecule has 0 unspecified atom stereocenters. The lowest BCUT2D eigenvalue weighted by Crippen LogP contribution is -2.24. The van der Waals surface area contributed by atoms with Gasteiger partial charge in [0.2, 0.25) is 0 Å². The van der Waals surface area contributed by atoms with Crippen LogP contribution in [0.5, 0.6) is 5.75 Å². The van der Waals surface area contributed by atoms with Crippen LogP contribution >= 0.6 is 23.5 Å². The van der Waals surface area contributed by atoms with E-state index in [0.29, 0.717) is 10.3 Å². The van der Waals surface area contributed by atoms with E-state index < -0.39 is 5.97 Å². The second-order valence-electron chi connectivity index (χ2n) is 6.43. The number of ether oxygens (including phenoxy) is 2. The van der Waals surface area contributed by atoms with Crippen molar-refractivity contribution in [1.82, 2.24) is 0 Å². The predicted octanol–water partition coefficient (Wildman–Crippen LogP) is 4.34. The van der Waals surface area contributed by atoms with Crippen LogP contribution in [0, 0.1) is 13.8 Å². The van der Waals surface area contributed by atoms with Crippen LogP contribution in [0.1, 0.15) is 21.3 Å². The number of hydrogen-bond acceptors (Lipinski definition) is 6. The standard InChI is InChI=1S/C21H23NO4S2/c1-14-7-8-15(2)17(11-14)22-19(23)12-26-20(24)13-25-18-6-4-3-5-16(18)21-27-9-10-28-21/h3-8,11,21H,9-10,12-13H2,1-2H3,(H,22,23). The molecule has 1 N–H and O–H groups in total. The molecule has 1 amide bonds. The largest absolute Gasteiger partial charge is 0.482 e. The van der Waals surface area contributed by atoms with Crippen molar-refractivity contribution < 1.29 is 19.1 Å². The van der Waals surface area contributed by atoms with Crippen LogP contribution in [-0.4, -0.2) is 36.6 Å². The Hall–Kier alpha value is -2.12. The summed E-state index contributed by atoms with van der Waals surface area (Å²) in [7, 11) is 0. The summed E-state index contributed by atoms with van der Waals surface area (Å²) in [4.78, 5) is 24.0. The number of carbonyl (C=O) groups excluding carboxylic acids is 2. The SMILES string of the molecule is Cc1ccc(C)c(NC(=O)COC(=O)COc2ccccc2C2SCCS2)c1. The molecular formula is C21H23NO4S2. The molecule has 28 heavy (non-hydrogen) atoms. The fourth-order valence-corrected chi connectivity index (χ4v) is 5.63. The highest BCUT2D eigenvalue weighted by molar-refractivity contribution is 8.19. The van der Waals surface area contributed by atoms with Gasteiger partial charge in [0.15, 0.2) is 13.2 Å². The average Bonchev–Trinajstić information content (AvgIpc) is 3.22. The topological polar surface area (TPSA) is 64.6 Å². The first-order valence-corrected chi connectivity index (χ1v) is 11.1. The number of anilines is 1. The molecule has 0 aromatic heterocycles. The van der Waals surface area contributed by atoms with E-state index in [-0.39, 0.29) is 19.1 Å². The lowest BCUT2D eigenvalue weighted by Gasteiger charge is -2.15. The van der Waals surface area contributed by atoms with E-state index in [9.17, 15) is 9.59 Å². The predicted molar refractivity (Wildman–Crippen MR) is 115 cm³/mol. The smallest absolute Gasteiger partial charge is 0.344 e. The van der Waals surface area contributed by atoms with Gasteiger partial charge in [0.1, 0.15) is 5.75 Å². The molecule has 1 saturated heterocycles. The molecule has 0 aliphatic carbocycles. The van der Waals surface area contributed by atoms with Gasteiger partial charge >= 0.3 is 5.97 Å². The third-order valence-electron chi connectivity index (χ3n) is 4.17. The Bertz CT molecular complexity index is 850. The average molecular weight is 418 g/mol. The highest BCUT2D eigenvalue weighted by Gasteiger charge is 2.22. The molecule has 0 radical (unpaired) electrons. The van der Waals surface area contributed by atoms with Crippen LogP contribution in [-0.2, 0) is 14.3 Å². The summed E-state index contributed by atoms with van der Waals surface area (Å²) in [5.74, 6) is 1.97. The molecule has 2 aromatic carbocycles. The second kappa shape index (κ2) is 9.89. The number of hydrogen-bond donors (Lipinski definition) is 1. The summed E-state index contributed by atoms with van der Waals surface area (Å²) in [6.07, 6.45) is 0. The summed E-state index contributed by atoms with van der Waals surface area (Å²) in [5.41, 5.74) is 3.80. The first-order valence-electron chi connectivity index (χ1n) is 9.00. The zero-order valence-electron chi connectivity index (χ0n) is 15.9. The second-order valence-corrected chi connectivity index (χ2v) is 9.15. The van der Waals surface area contributed by atoms with Crippen molar-refractivity contribution in [2.45, 2.75) is 18.4 Å². The normalized spacial score (nSPS) is 13.9. The Balaban J connectivity index is 1.47. The fraction of sp³-hybridized carbons (Fsp3) is 0.333. The number of benzene rings is 2. The van der Waals surface area contributed by atoms with Crippen molar-refractivity contribution in [2.24, 2.45) is 0 Å². The molecule has 1 aliphatic heterocycles. The number of nitrogens with one attached hydrogen (secondary N) is 1. The van der Waals surface area contributed by atoms with E-state index in [0.717, 1.165) is 33.9 Å². The number of amides is 1. The van der Waals surface area contributed by atoms with Crippen molar-refractivity contribution in [3.8, 4) is 5.75 Å². The molecule has 7 heteroatoms. The molecule has 1 aliphatic rings. The summed E-state index contributed by atoms with van der Waals surface area (Å²) in [6, 6.07) is 13.5. The minimum Gasteiger partial charge on any atom is -0.482 e. The van der Waals surface area contributed by atoms with Gasteiger partial charge in [-0.05, 0) is 37.1 Å². The Morgan fingerprint density at radius 1 is 1.07 bits per heavy atom. The zero-order valence-corrected chi connectivity index (χ0v) is 17.5. The highest BCUT2D eigenvalue weighted by atomic mass is 32.2. The summed E-state index contributed by atoms with van der Waals surface area (Å²) in [5, 5.41) is 2.76. The third kappa shape index (κ3) is 5.69. The zero-order chi connectivity index (χ0) is 19.9. The van der Waals surface area contributed by atoms with E-state index >= 15 is 0 Å². The van der Waals surface area contributed by atoms with Gasteiger partial charge in [-0.2, -0.15) is 0 Å². The van der Waals surface area contributed by atoms with E-state index in [1.807, 2.05) is 79.8 Å². The molecule has 0 bridgehead atoms. The Morgan fingerprint density at radius 2 is 1.82 bits per heavy atom. The minimum atomic E-state index is -0.572. The minimum absolute atomic E-state index is 0.226. The molecule has 0 saturated carbocycles. The lowest BCUT2D eigenvalue weighted by atomic mass is 10.1. The van der Waals surface area contributed by atoms with Gasteiger partial charge in [-0.15, -0.1) is 23.5 Å². The number of rotatable bonds is 7. The third-order valence-corrected chi connectivity index (χ3v) is 7.24. The molecule has 0 atom stereocenters. The van der Waals surface area contributed by atoms with E-state index in [4.69, 9.17) is 9.47 Å². The van der Waals surface area contributed by atoms with Crippen LogP contribution in [0.2, 0.25) is 0 Å². The number of para-hydroxylation sites is 1. The molecule has 2 aromatic rings. The molecule has 3 rings (SSSR count). The van der Waals surface area contributed by atoms with Crippen LogP contribution in [0.25, 0.3) is 0 Å². The fourth-order valence-electron chi connectivity index (χ4n) is 2.73. The maximum absolute atomic E-state index is 12.0. The maximum atomic E-state index is 12.0. The summed E-state index contributed by atoms with van der Waals surface area (Å²) in [6.45, 7) is 3.29. The van der Waals surface area contributed by atoms with Crippen molar-refractivity contribution in [3.05, 3.63) is 59.2 Å². The van der Waals surface area contributed by atoms with Gasteiger partial charge < -0.3 is 14.8 Å². The van der Waals surface area contributed by atoms with Crippen LogP contribution < -0.4 is 10.1 Å². The Morgan fingerprint density at radius 3 is 2.61 bits per heavy atom. The number of carbonyl (C=O) groups is 2. The molecule has 0 spiro atoms. The lowest BCUT2D eigenvalue weighted by molar-refractivity contribution is -0.149. The molecule has 1 heterocycles. The maximum Gasteiger partial charge on any atom is 0.344 e. The Labute approximate surface area is 173 Å². The monoisotopic (exact) mass is 417 g/mol. The molecular weight excluding hydrogens is 394 g/mol. The molecule has 5 nitrogen and oxygen atoms in total. The first kappa shape index (κ1) is 20.6. The number of esters is 1. The summed E-state index contributed by atoms with van der Waals surface area (Å²) < 4.78 is 11.0. The van der Waals surface area contributed by atoms with Crippen molar-refractivity contribution in [3.63, 3.8) is 0 Å². The van der Waals surface area contributed by atoms with Gasteiger partial charge in [0.25, 0.3) is 5.91 Å². The quantitative estimate of drug-likeness (QED) is 0.676. The van der Waals surface area contributed by atoms with Crippen molar-refractivity contribution >= 4 is 41.1 Å². The van der Waals surface area contributed by atoms with Crippen molar-refractivity contribution in [2.75, 3.05) is 30.0 Å². The number of aryl methyl sites for hydroxylation is 2. The van der Waals surface area contributed by atoms with Crippen LogP contribution in [0.15, 0.2) is 42.5 Å². The highest BCUT2D eigenvalue weighted by Crippen LogP contribution is 2.48. The van der Waals surface area contributed by atoms with Crippen LogP contribution in [0.3, 0.4) is 0 Å². The van der Waals surface area contributed by atoms with Gasteiger partial charge in [-0.3, -0.25) is 4.79 Å². The summed E-state index contributed by atoms with van der Waals surface area (Å²) >= 11 is 3.75. The van der Waals surface area contributed by atoms with Gasteiger partial charge in [-0.1, -0.05) is 30.3 Å².